The van der Waals surface area contributed by atoms with Gasteiger partial charge < -0.3 is 9.32 Å². The van der Waals surface area contributed by atoms with Crippen molar-refractivity contribution in [2.45, 2.75) is 32.0 Å². The fraction of sp³-hybridized carbons (Fsp3) is 0.467. The topological polar surface area (TPSA) is 97.4 Å². The molecule has 0 saturated carbocycles. The highest BCUT2D eigenvalue weighted by Crippen LogP contribution is 2.18. The van der Waals surface area contributed by atoms with Crippen molar-refractivity contribution < 1.29 is 17.6 Å². The lowest BCUT2D eigenvalue weighted by Crippen LogP contribution is -2.46. The number of furan rings is 1. The van der Waals surface area contributed by atoms with E-state index in [4.69, 9.17) is 4.42 Å². The molecule has 2 aromatic heterocycles. The minimum Gasteiger partial charge on any atom is -0.469 e. The molecule has 0 fully saturated rings. The van der Waals surface area contributed by atoms with Gasteiger partial charge in [-0.05, 0) is 24.6 Å². The molecular formula is C15H20N4O4S. The number of nitrogens with zero attached hydrogens (tertiary/aromatic N) is 3. The first-order valence-electron chi connectivity index (χ1n) is 7.69. The number of aromatic nitrogens is 2. The number of carbonyl (C=O) groups is 1. The summed E-state index contributed by atoms with van der Waals surface area (Å²) in [6, 6.07) is 5.13. The molecule has 0 spiro atoms. The summed E-state index contributed by atoms with van der Waals surface area (Å²) in [5.41, 5.74) is 0.935. The number of fused-ring (bicyclic) bond motifs is 1. The maximum atomic E-state index is 12.7. The molecule has 1 amide bonds. The van der Waals surface area contributed by atoms with Crippen LogP contribution in [0.25, 0.3) is 0 Å². The molecule has 1 aliphatic heterocycles. The van der Waals surface area contributed by atoms with Gasteiger partial charge in [0.15, 0.2) is 0 Å². The Morgan fingerprint density at radius 3 is 3.00 bits per heavy atom. The molecule has 2 aromatic rings. The van der Waals surface area contributed by atoms with Crippen LogP contribution in [0.3, 0.4) is 0 Å². The molecule has 0 bridgehead atoms. The Balaban J connectivity index is 1.79. The number of sulfonamides is 1. The summed E-state index contributed by atoms with van der Waals surface area (Å²) in [6.07, 6.45) is 5.13. The van der Waals surface area contributed by atoms with Gasteiger partial charge in [0.2, 0.25) is 15.9 Å². The summed E-state index contributed by atoms with van der Waals surface area (Å²) in [4.78, 5) is 14.5. The largest absolute Gasteiger partial charge is 0.469 e. The molecular weight excluding hydrogens is 332 g/mol. The summed E-state index contributed by atoms with van der Waals surface area (Å²) in [7, 11) is -3.32. The molecule has 1 atom stereocenters. The van der Waals surface area contributed by atoms with Crippen LogP contribution in [0.4, 0.5) is 0 Å². The highest BCUT2D eigenvalue weighted by molar-refractivity contribution is 7.88. The summed E-state index contributed by atoms with van der Waals surface area (Å²) in [6.45, 7) is 1.23. The van der Waals surface area contributed by atoms with Crippen molar-refractivity contribution in [2.24, 2.45) is 0 Å². The second-order valence-electron chi connectivity index (χ2n) is 5.89. The molecule has 9 heteroatoms. The lowest BCUT2D eigenvalue weighted by Gasteiger charge is -2.29. The molecule has 1 N–H and O–H groups in total. The zero-order valence-electron chi connectivity index (χ0n) is 13.4. The van der Waals surface area contributed by atoms with Crippen LogP contribution < -0.4 is 4.72 Å². The fourth-order valence-electron chi connectivity index (χ4n) is 2.84. The third-order valence-corrected chi connectivity index (χ3v) is 4.75. The Hall–Kier alpha value is -2.13. The molecule has 8 nitrogen and oxygen atoms in total. The number of carbonyl (C=O) groups excluding carboxylic acids is 1. The highest BCUT2D eigenvalue weighted by atomic mass is 32.2. The predicted octanol–water partition coefficient (Wildman–Crippen LogP) is 0.369. The van der Waals surface area contributed by atoms with Gasteiger partial charge in [-0.25, -0.2) is 13.1 Å². The van der Waals surface area contributed by atoms with E-state index in [0.717, 1.165) is 11.9 Å². The van der Waals surface area contributed by atoms with Crippen molar-refractivity contribution in [2.75, 3.05) is 12.8 Å². The smallest absolute Gasteiger partial charge is 0.230 e. The molecule has 3 rings (SSSR count). The third kappa shape index (κ3) is 4.04. The van der Waals surface area contributed by atoms with E-state index in [1.54, 1.807) is 23.2 Å². The Bertz CT molecular complexity index is 797. The third-order valence-electron chi connectivity index (χ3n) is 4.06. The first-order chi connectivity index (χ1) is 11.4. The first-order valence-corrected chi connectivity index (χ1v) is 9.59. The number of rotatable bonds is 5. The standard InChI is InChI=1S/C15H20N4O4S/c1-24(21,22)17-10-12-5-7-19-13(4-6-16-19)11-18(12)15(20)9-14-3-2-8-23-14/h2-4,6,8,12,17H,5,7,9-11H2,1H3/t12-/m0/s1. The number of nitrogens with one attached hydrogen (secondary N) is 1. The number of aryl methyl sites for hydroxylation is 1. The Kier molecular flexibility index (Phi) is 4.72. The van der Waals surface area contributed by atoms with Crippen molar-refractivity contribution in [3.63, 3.8) is 0 Å². The Labute approximate surface area is 140 Å². The fourth-order valence-corrected chi connectivity index (χ4v) is 3.34. The zero-order chi connectivity index (χ0) is 17.2. The van der Waals surface area contributed by atoms with E-state index < -0.39 is 10.0 Å². The van der Waals surface area contributed by atoms with Gasteiger partial charge in [0.05, 0.1) is 31.2 Å². The van der Waals surface area contributed by atoms with Crippen molar-refractivity contribution >= 4 is 15.9 Å². The minimum absolute atomic E-state index is 0.0973. The van der Waals surface area contributed by atoms with E-state index >= 15 is 0 Å². The van der Waals surface area contributed by atoms with Gasteiger partial charge in [-0.1, -0.05) is 0 Å². The number of amides is 1. The highest BCUT2D eigenvalue weighted by Gasteiger charge is 2.29. The molecule has 0 radical (unpaired) electrons. The van der Waals surface area contributed by atoms with Gasteiger partial charge in [0.25, 0.3) is 0 Å². The van der Waals surface area contributed by atoms with E-state index in [-0.39, 0.29) is 24.9 Å². The summed E-state index contributed by atoms with van der Waals surface area (Å²) in [5.74, 6) is 0.493. The summed E-state index contributed by atoms with van der Waals surface area (Å²) >= 11 is 0. The van der Waals surface area contributed by atoms with Gasteiger partial charge >= 0.3 is 0 Å². The van der Waals surface area contributed by atoms with Crippen LogP contribution in [0.1, 0.15) is 17.9 Å². The summed E-state index contributed by atoms with van der Waals surface area (Å²) < 4.78 is 32.4. The van der Waals surface area contributed by atoms with E-state index in [0.29, 0.717) is 25.3 Å². The van der Waals surface area contributed by atoms with Gasteiger partial charge in [-0.3, -0.25) is 9.48 Å². The van der Waals surface area contributed by atoms with Crippen LogP contribution in [0.2, 0.25) is 0 Å². The van der Waals surface area contributed by atoms with E-state index in [1.165, 1.54) is 6.26 Å². The molecule has 1 aliphatic rings. The molecule has 130 valence electrons. The van der Waals surface area contributed by atoms with Crippen molar-refractivity contribution in [3.8, 4) is 0 Å². The van der Waals surface area contributed by atoms with E-state index in [2.05, 4.69) is 9.82 Å². The quantitative estimate of drug-likeness (QED) is 0.838. The maximum absolute atomic E-state index is 12.7. The van der Waals surface area contributed by atoms with Crippen LogP contribution in [-0.2, 0) is 34.3 Å². The van der Waals surface area contributed by atoms with Crippen LogP contribution in [0.15, 0.2) is 35.1 Å². The zero-order valence-corrected chi connectivity index (χ0v) is 14.2. The molecule has 0 unspecified atom stereocenters. The Morgan fingerprint density at radius 1 is 1.46 bits per heavy atom. The van der Waals surface area contributed by atoms with Gasteiger partial charge in [0, 0.05) is 25.3 Å². The molecule has 3 heterocycles. The van der Waals surface area contributed by atoms with Gasteiger partial charge in [-0.15, -0.1) is 0 Å². The second-order valence-corrected chi connectivity index (χ2v) is 7.72. The molecule has 24 heavy (non-hydrogen) atoms. The molecule has 0 saturated heterocycles. The maximum Gasteiger partial charge on any atom is 0.230 e. The van der Waals surface area contributed by atoms with Crippen molar-refractivity contribution in [1.82, 2.24) is 19.4 Å². The van der Waals surface area contributed by atoms with Gasteiger partial charge in [-0.2, -0.15) is 5.10 Å². The molecule has 0 aliphatic carbocycles. The number of hydrogen-bond acceptors (Lipinski definition) is 5. The van der Waals surface area contributed by atoms with Crippen molar-refractivity contribution in [3.05, 3.63) is 42.1 Å². The van der Waals surface area contributed by atoms with Crippen LogP contribution in [0.5, 0.6) is 0 Å². The lowest BCUT2D eigenvalue weighted by atomic mass is 10.1. The van der Waals surface area contributed by atoms with Crippen LogP contribution in [-0.4, -0.2) is 47.8 Å². The van der Waals surface area contributed by atoms with Crippen molar-refractivity contribution in [1.29, 1.82) is 0 Å². The average molecular weight is 352 g/mol. The molecule has 0 aromatic carbocycles. The van der Waals surface area contributed by atoms with E-state index in [9.17, 15) is 13.2 Å². The minimum atomic E-state index is -3.32. The SMILES string of the molecule is CS(=O)(=O)NC[C@@H]1CCn2nccc2CN1C(=O)Cc1ccco1. The normalized spacial score (nSPS) is 18.2. The summed E-state index contributed by atoms with van der Waals surface area (Å²) in [5, 5.41) is 4.25. The number of hydrogen-bond donors (Lipinski definition) is 1. The lowest BCUT2D eigenvalue weighted by molar-refractivity contribution is -0.133. The van der Waals surface area contributed by atoms with Gasteiger partial charge in [0.1, 0.15) is 5.76 Å². The van der Waals surface area contributed by atoms with Crippen LogP contribution >= 0.6 is 0 Å². The average Bonchev–Trinajstić information content (AvgIpc) is 3.13. The first kappa shape index (κ1) is 16.7. The predicted molar refractivity (Wildman–Crippen MR) is 86.4 cm³/mol. The Morgan fingerprint density at radius 2 is 2.29 bits per heavy atom. The van der Waals surface area contributed by atoms with E-state index in [1.807, 2.05) is 10.7 Å². The monoisotopic (exact) mass is 352 g/mol. The van der Waals surface area contributed by atoms with Crippen LogP contribution in [0, 0.1) is 0 Å². The second kappa shape index (κ2) is 6.78.